The minimum absolute atomic E-state index is 0.0289. The molecular formula is C14H22O5. The molecule has 0 aliphatic heterocycles. The van der Waals surface area contributed by atoms with Crippen LogP contribution in [0, 0.1) is 11.8 Å². The fourth-order valence-electron chi connectivity index (χ4n) is 2.14. The molecular weight excluding hydrogens is 248 g/mol. The lowest BCUT2D eigenvalue weighted by atomic mass is 9.79. The molecule has 1 aliphatic carbocycles. The van der Waals surface area contributed by atoms with Crippen LogP contribution >= 0.6 is 0 Å². The molecule has 0 heterocycles. The van der Waals surface area contributed by atoms with Crippen molar-refractivity contribution in [2.24, 2.45) is 11.8 Å². The predicted octanol–water partition coefficient (Wildman–Crippen LogP) is 1.45. The second-order valence-corrected chi connectivity index (χ2v) is 5.13. The van der Waals surface area contributed by atoms with Crippen LogP contribution in [0.1, 0.15) is 33.1 Å². The first-order valence-corrected chi connectivity index (χ1v) is 6.59. The summed E-state index contributed by atoms with van der Waals surface area (Å²) in [6.45, 7) is 7.06. The van der Waals surface area contributed by atoms with Gasteiger partial charge in [-0.15, -0.1) is 0 Å². The summed E-state index contributed by atoms with van der Waals surface area (Å²) in [7, 11) is 0. The van der Waals surface area contributed by atoms with Crippen molar-refractivity contribution in [2.45, 2.75) is 39.2 Å². The van der Waals surface area contributed by atoms with E-state index in [9.17, 15) is 14.7 Å². The van der Waals surface area contributed by atoms with E-state index in [4.69, 9.17) is 9.47 Å². The lowest BCUT2D eigenvalue weighted by Gasteiger charge is -2.30. The van der Waals surface area contributed by atoms with Crippen molar-refractivity contribution in [3.63, 3.8) is 0 Å². The summed E-state index contributed by atoms with van der Waals surface area (Å²) in [6, 6.07) is 0. The van der Waals surface area contributed by atoms with Gasteiger partial charge in [-0.05, 0) is 32.1 Å². The summed E-state index contributed by atoms with van der Waals surface area (Å²) in [5, 5.41) is 9.56. The summed E-state index contributed by atoms with van der Waals surface area (Å²) < 4.78 is 9.90. The number of carbonyl (C=O) groups is 2. The predicted molar refractivity (Wildman–Crippen MR) is 69.2 cm³/mol. The fraction of sp³-hybridized carbons (Fsp3) is 0.714. The Balaban J connectivity index is 2.27. The lowest BCUT2D eigenvalue weighted by molar-refractivity contribution is -0.157. The first-order chi connectivity index (χ1) is 8.91. The molecule has 0 saturated heterocycles. The van der Waals surface area contributed by atoms with E-state index in [1.807, 2.05) is 6.92 Å². The molecule has 0 bridgehead atoms. The van der Waals surface area contributed by atoms with E-state index in [2.05, 4.69) is 6.58 Å². The Bertz CT molecular complexity index is 350. The molecule has 3 unspecified atom stereocenters. The number of carbonyl (C=O) groups excluding carboxylic acids is 2. The van der Waals surface area contributed by atoms with Gasteiger partial charge in [-0.25, -0.2) is 4.79 Å². The molecule has 0 aromatic heterocycles. The van der Waals surface area contributed by atoms with E-state index in [1.165, 1.54) is 0 Å². The smallest absolute Gasteiger partial charge is 0.333 e. The average molecular weight is 270 g/mol. The number of ether oxygens (including phenoxy) is 2. The fourth-order valence-corrected chi connectivity index (χ4v) is 2.14. The highest BCUT2D eigenvalue weighted by Gasteiger charge is 2.32. The van der Waals surface area contributed by atoms with Gasteiger partial charge in [-0.3, -0.25) is 4.79 Å². The summed E-state index contributed by atoms with van der Waals surface area (Å²) in [5.74, 6) is -0.857. The van der Waals surface area contributed by atoms with Crippen molar-refractivity contribution in [1.82, 2.24) is 0 Å². The van der Waals surface area contributed by atoms with Gasteiger partial charge < -0.3 is 14.6 Å². The van der Waals surface area contributed by atoms with Crippen LogP contribution < -0.4 is 0 Å². The molecule has 5 heteroatoms. The zero-order valence-corrected chi connectivity index (χ0v) is 11.6. The van der Waals surface area contributed by atoms with Gasteiger partial charge in [-0.1, -0.05) is 13.5 Å². The molecule has 19 heavy (non-hydrogen) atoms. The molecule has 1 saturated carbocycles. The van der Waals surface area contributed by atoms with Crippen LogP contribution in [0.4, 0.5) is 0 Å². The zero-order chi connectivity index (χ0) is 14.4. The van der Waals surface area contributed by atoms with E-state index < -0.39 is 12.1 Å². The first-order valence-electron chi connectivity index (χ1n) is 6.59. The largest absolute Gasteiger partial charge is 0.462 e. The monoisotopic (exact) mass is 270 g/mol. The molecule has 0 spiro atoms. The SMILES string of the molecule is C=C(C)C(=O)OCCOC(=O)C1CC(O)CCC1C. The maximum Gasteiger partial charge on any atom is 0.333 e. The van der Waals surface area contributed by atoms with Crippen LogP contribution in [0.2, 0.25) is 0 Å². The van der Waals surface area contributed by atoms with Crippen LogP contribution in [0.25, 0.3) is 0 Å². The maximum absolute atomic E-state index is 11.8. The molecule has 1 aliphatic rings. The van der Waals surface area contributed by atoms with Crippen molar-refractivity contribution in [3.05, 3.63) is 12.2 Å². The van der Waals surface area contributed by atoms with E-state index >= 15 is 0 Å². The van der Waals surface area contributed by atoms with Crippen molar-refractivity contribution in [1.29, 1.82) is 0 Å². The Morgan fingerprint density at radius 1 is 1.26 bits per heavy atom. The van der Waals surface area contributed by atoms with Crippen molar-refractivity contribution < 1.29 is 24.2 Å². The minimum Gasteiger partial charge on any atom is -0.462 e. The quantitative estimate of drug-likeness (QED) is 0.465. The molecule has 0 radical (unpaired) electrons. The highest BCUT2D eigenvalue weighted by molar-refractivity contribution is 5.86. The second kappa shape index (κ2) is 7.28. The average Bonchev–Trinajstić information content (AvgIpc) is 2.36. The van der Waals surface area contributed by atoms with Crippen LogP contribution in [0.5, 0.6) is 0 Å². The molecule has 1 N–H and O–H groups in total. The maximum atomic E-state index is 11.8. The number of aliphatic hydroxyl groups is 1. The van der Waals surface area contributed by atoms with E-state index in [1.54, 1.807) is 6.92 Å². The Morgan fingerprint density at radius 3 is 2.53 bits per heavy atom. The van der Waals surface area contributed by atoms with Crippen LogP contribution in [-0.4, -0.2) is 36.4 Å². The minimum atomic E-state index is -0.488. The third kappa shape index (κ3) is 5.03. The summed E-state index contributed by atoms with van der Waals surface area (Å²) in [5.41, 5.74) is 0.315. The van der Waals surface area contributed by atoms with Crippen LogP contribution in [-0.2, 0) is 19.1 Å². The van der Waals surface area contributed by atoms with E-state index in [-0.39, 0.29) is 31.0 Å². The molecule has 0 aromatic rings. The van der Waals surface area contributed by atoms with Gasteiger partial charge in [0.2, 0.25) is 0 Å². The lowest BCUT2D eigenvalue weighted by Crippen LogP contribution is -2.33. The van der Waals surface area contributed by atoms with Crippen molar-refractivity contribution >= 4 is 11.9 Å². The first kappa shape index (κ1) is 15.7. The van der Waals surface area contributed by atoms with Gasteiger partial charge in [-0.2, -0.15) is 0 Å². The third-order valence-corrected chi connectivity index (χ3v) is 3.38. The Hall–Kier alpha value is -1.36. The molecule has 1 fully saturated rings. The molecule has 5 nitrogen and oxygen atoms in total. The van der Waals surface area contributed by atoms with Crippen LogP contribution in [0.15, 0.2) is 12.2 Å². The molecule has 0 amide bonds. The summed E-state index contributed by atoms with van der Waals surface area (Å²) >= 11 is 0. The molecule has 1 rings (SSSR count). The second-order valence-electron chi connectivity index (χ2n) is 5.13. The van der Waals surface area contributed by atoms with Gasteiger partial charge in [0.05, 0.1) is 12.0 Å². The van der Waals surface area contributed by atoms with E-state index in [0.717, 1.165) is 12.8 Å². The Kier molecular flexibility index (Phi) is 6.02. The van der Waals surface area contributed by atoms with Crippen molar-refractivity contribution in [2.75, 3.05) is 13.2 Å². The highest BCUT2D eigenvalue weighted by atomic mass is 16.6. The Morgan fingerprint density at radius 2 is 1.89 bits per heavy atom. The number of hydrogen-bond acceptors (Lipinski definition) is 5. The Labute approximate surface area is 113 Å². The highest BCUT2D eigenvalue weighted by Crippen LogP contribution is 2.30. The normalized spacial score (nSPS) is 26.6. The number of rotatable bonds is 5. The zero-order valence-electron chi connectivity index (χ0n) is 11.6. The topological polar surface area (TPSA) is 72.8 Å². The number of esters is 2. The van der Waals surface area contributed by atoms with Gasteiger partial charge in [0.1, 0.15) is 13.2 Å². The molecule has 0 aromatic carbocycles. The standard InChI is InChI=1S/C14H22O5/c1-9(2)13(16)18-6-7-19-14(17)12-8-11(15)5-4-10(12)3/h10-12,15H,1,4-8H2,2-3H3. The van der Waals surface area contributed by atoms with Crippen LogP contribution in [0.3, 0.4) is 0 Å². The van der Waals surface area contributed by atoms with Gasteiger partial charge in [0.25, 0.3) is 0 Å². The molecule has 108 valence electrons. The summed E-state index contributed by atoms with van der Waals surface area (Å²) in [6.07, 6.45) is 1.59. The number of aliphatic hydroxyl groups excluding tert-OH is 1. The summed E-state index contributed by atoms with van der Waals surface area (Å²) in [4.78, 5) is 22.9. The van der Waals surface area contributed by atoms with Crippen molar-refractivity contribution in [3.8, 4) is 0 Å². The van der Waals surface area contributed by atoms with Gasteiger partial charge >= 0.3 is 11.9 Å². The van der Waals surface area contributed by atoms with Gasteiger partial charge in [0.15, 0.2) is 0 Å². The number of hydrogen-bond donors (Lipinski definition) is 1. The third-order valence-electron chi connectivity index (χ3n) is 3.38. The molecule has 3 atom stereocenters. The van der Waals surface area contributed by atoms with E-state index in [0.29, 0.717) is 12.0 Å². The van der Waals surface area contributed by atoms with Gasteiger partial charge in [0, 0.05) is 5.57 Å².